The van der Waals surface area contributed by atoms with Crippen molar-refractivity contribution in [2.24, 2.45) is 17.8 Å². The molecule has 1 aromatic carbocycles. The van der Waals surface area contributed by atoms with E-state index in [2.05, 4.69) is 47.1 Å². The first-order valence-corrected chi connectivity index (χ1v) is 13.2. The van der Waals surface area contributed by atoms with E-state index in [1.54, 1.807) is 0 Å². The highest BCUT2D eigenvalue weighted by Gasteiger charge is 2.23. The molecule has 0 bridgehead atoms. The number of hydrogen-bond donors (Lipinski definition) is 0. The van der Waals surface area contributed by atoms with Gasteiger partial charge in [-0.2, -0.15) is 0 Å². The maximum Gasteiger partial charge on any atom is 0.119 e. The molecule has 158 valence electrons. The van der Waals surface area contributed by atoms with Crippen LogP contribution in [-0.4, -0.2) is 11.9 Å². The molecular formula is C26H41BrO. The van der Waals surface area contributed by atoms with Gasteiger partial charge in [-0.05, 0) is 86.3 Å². The van der Waals surface area contributed by atoms with Crippen molar-refractivity contribution in [3.8, 4) is 5.75 Å². The van der Waals surface area contributed by atoms with Gasteiger partial charge in [0, 0.05) is 5.33 Å². The molecule has 0 N–H and O–H groups in total. The smallest absolute Gasteiger partial charge is 0.119 e. The number of halogens is 1. The molecule has 2 heteroatoms. The van der Waals surface area contributed by atoms with Crippen LogP contribution >= 0.6 is 15.9 Å². The van der Waals surface area contributed by atoms with Crippen LogP contribution in [0.5, 0.6) is 5.75 Å². The van der Waals surface area contributed by atoms with Crippen molar-refractivity contribution in [3.05, 3.63) is 29.8 Å². The number of unbranched alkanes of at least 4 members (excludes halogenated alkanes) is 2. The van der Waals surface area contributed by atoms with E-state index < -0.39 is 0 Å². The minimum absolute atomic E-state index is 0.759. The molecule has 0 unspecified atom stereocenters. The van der Waals surface area contributed by atoms with Gasteiger partial charge >= 0.3 is 0 Å². The van der Waals surface area contributed by atoms with Gasteiger partial charge in [0.05, 0.1) is 6.61 Å². The first kappa shape index (κ1) is 22.2. The average Bonchev–Trinajstić information content (AvgIpc) is 2.75. The SMILES string of the molecule is CCCCCC1CCC(c2ccc(OCC3CCC(CCBr)CC3)cc2)CC1. The topological polar surface area (TPSA) is 9.23 Å². The normalized spacial score (nSPS) is 28.2. The van der Waals surface area contributed by atoms with Gasteiger partial charge in [-0.25, -0.2) is 0 Å². The van der Waals surface area contributed by atoms with E-state index in [4.69, 9.17) is 4.74 Å². The van der Waals surface area contributed by atoms with Gasteiger partial charge in [-0.3, -0.25) is 0 Å². The summed E-state index contributed by atoms with van der Waals surface area (Å²) >= 11 is 3.59. The van der Waals surface area contributed by atoms with Gasteiger partial charge in [0.1, 0.15) is 5.75 Å². The second-order valence-corrected chi connectivity index (χ2v) is 10.3. The molecule has 0 heterocycles. The summed E-state index contributed by atoms with van der Waals surface area (Å²) in [5, 5.41) is 1.16. The van der Waals surface area contributed by atoms with E-state index in [1.807, 2.05) is 0 Å². The van der Waals surface area contributed by atoms with Crippen LogP contribution in [0.3, 0.4) is 0 Å². The number of alkyl halides is 1. The second kappa shape index (κ2) is 12.3. The third-order valence-corrected chi connectivity index (χ3v) is 7.84. The maximum atomic E-state index is 6.15. The van der Waals surface area contributed by atoms with Gasteiger partial charge in [0.2, 0.25) is 0 Å². The van der Waals surface area contributed by atoms with E-state index >= 15 is 0 Å². The zero-order chi connectivity index (χ0) is 19.6. The molecule has 0 spiro atoms. The standard InChI is InChI=1S/C26H41BrO/c1-2-3-4-5-21-10-12-24(13-11-21)25-14-16-26(17-15-25)28-20-23-8-6-22(7-9-23)18-19-27/h14-17,21-24H,2-13,18-20H2,1H3. The van der Waals surface area contributed by atoms with E-state index in [-0.39, 0.29) is 0 Å². The molecule has 2 saturated carbocycles. The minimum atomic E-state index is 0.759. The summed E-state index contributed by atoms with van der Waals surface area (Å²) in [5.74, 6) is 4.54. The van der Waals surface area contributed by atoms with E-state index in [0.717, 1.165) is 41.4 Å². The maximum absolute atomic E-state index is 6.15. The summed E-state index contributed by atoms with van der Waals surface area (Å²) in [5.41, 5.74) is 1.54. The van der Waals surface area contributed by atoms with Crippen molar-refractivity contribution >= 4 is 15.9 Å². The fourth-order valence-electron chi connectivity index (χ4n) is 5.36. The van der Waals surface area contributed by atoms with Crippen molar-refractivity contribution in [2.75, 3.05) is 11.9 Å². The lowest BCUT2D eigenvalue weighted by Gasteiger charge is -2.29. The van der Waals surface area contributed by atoms with Gasteiger partial charge in [0.15, 0.2) is 0 Å². The highest BCUT2D eigenvalue weighted by atomic mass is 79.9. The Hall–Kier alpha value is -0.500. The van der Waals surface area contributed by atoms with Gasteiger partial charge in [-0.15, -0.1) is 0 Å². The quantitative estimate of drug-likeness (QED) is 0.257. The molecule has 1 aromatic rings. The predicted octanol–water partition coefficient (Wildman–Crippen LogP) is 8.51. The Morgan fingerprint density at radius 2 is 1.39 bits per heavy atom. The highest BCUT2D eigenvalue weighted by molar-refractivity contribution is 9.09. The van der Waals surface area contributed by atoms with Crippen molar-refractivity contribution < 1.29 is 4.74 Å². The second-order valence-electron chi connectivity index (χ2n) is 9.46. The molecule has 28 heavy (non-hydrogen) atoms. The molecule has 0 amide bonds. The summed E-state index contributed by atoms with van der Waals surface area (Å²) in [6.45, 7) is 3.21. The Kier molecular flexibility index (Phi) is 9.71. The van der Waals surface area contributed by atoms with Crippen molar-refractivity contribution in [2.45, 2.75) is 96.3 Å². The Labute approximate surface area is 182 Å². The third-order valence-electron chi connectivity index (χ3n) is 7.38. The summed E-state index contributed by atoms with van der Waals surface area (Å²) in [4.78, 5) is 0. The summed E-state index contributed by atoms with van der Waals surface area (Å²) in [7, 11) is 0. The lowest BCUT2D eigenvalue weighted by Crippen LogP contribution is -2.20. The van der Waals surface area contributed by atoms with E-state index in [1.165, 1.54) is 89.0 Å². The van der Waals surface area contributed by atoms with Crippen LogP contribution in [0.25, 0.3) is 0 Å². The van der Waals surface area contributed by atoms with Crippen LogP contribution in [0.4, 0.5) is 0 Å². The zero-order valence-electron chi connectivity index (χ0n) is 18.0. The van der Waals surface area contributed by atoms with Crippen LogP contribution in [-0.2, 0) is 0 Å². The largest absolute Gasteiger partial charge is 0.493 e. The van der Waals surface area contributed by atoms with Gasteiger partial charge < -0.3 is 4.74 Å². The molecule has 3 rings (SSSR count). The zero-order valence-corrected chi connectivity index (χ0v) is 19.6. The first-order chi connectivity index (χ1) is 13.8. The molecule has 0 saturated heterocycles. The molecule has 0 aliphatic heterocycles. The van der Waals surface area contributed by atoms with Gasteiger partial charge in [-0.1, -0.05) is 73.5 Å². The third kappa shape index (κ3) is 7.08. The number of rotatable bonds is 10. The molecule has 0 radical (unpaired) electrons. The monoisotopic (exact) mass is 448 g/mol. The molecule has 2 fully saturated rings. The lowest BCUT2D eigenvalue weighted by molar-refractivity contribution is 0.181. The van der Waals surface area contributed by atoms with Gasteiger partial charge in [0.25, 0.3) is 0 Å². The van der Waals surface area contributed by atoms with Crippen molar-refractivity contribution in [3.63, 3.8) is 0 Å². The molecule has 1 nitrogen and oxygen atoms in total. The average molecular weight is 450 g/mol. The van der Waals surface area contributed by atoms with E-state index in [0.29, 0.717) is 0 Å². The Morgan fingerprint density at radius 3 is 2.04 bits per heavy atom. The first-order valence-electron chi connectivity index (χ1n) is 12.1. The predicted molar refractivity (Wildman–Crippen MR) is 125 cm³/mol. The Balaban J connectivity index is 1.36. The van der Waals surface area contributed by atoms with Crippen molar-refractivity contribution in [1.82, 2.24) is 0 Å². The Bertz CT molecular complexity index is 524. The molecule has 0 aromatic heterocycles. The number of benzene rings is 1. The van der Waals surface area contributed by atoms with Crippen LogP contribution in [0.2, 0.25) is 0 Å². The number of hydrogen-bond acceptors (Lipinski definition) is 1. The fraction of sp³-hybridized carbons (Fsp3) is 0.769. The molecule has 2 aliphatic carbocycles. The number of ether oxygens (including phenoxy) is 1. The van der Waals surface area contributed by atoms with Crippen LogP contribution in [0.15, 0.2) is 24.3 Å². The molecular weight excluding hydrogens is 408 g/mol. The van der Waals surface area contributed by atoms with Crippen LogP contribution in [0, 0.1) is 17.8 Å². The summed E-state index contributed by atoms with van der Waals surface area (Å²) in [6.07, 6.45) is 18.1. The summed E-state index contributed by atoms with van der Waals surface area (Å²) < 4.78 is 6.15. The molecule has 2 aliphatic rings. The van der Waals surface area contributed by atoms with Crippen LogP contribution < -0.4 is 4.74 Å². The van der Waals surface area contributed by atoms with E-state index in [9.17, 15) is 0 Å². The minimum Gasteiger partial charge on any atom is -0.493 e. The Morgan fingerprint density at radius 1 is 0.786 bits per heavy atom. The lowest BCUT2D eigenvalue weighted by atomic mass is 9.77. The van der Waals surface area contributed by atoms with Crippen molar-refractivity contribution in [1.29, 1.82) is 0 Å². The highest BCUT2D eigenvalue weighted by Crippen LogP contribution is 2.38. The summed E-state index contributed by atoms with van der Waals surface area (Å²) in [6, 6.07) is 9.12. The fourth-order valence-corrected chi connectivity index (χ4v) is 6.01. The molecule has 0 atom stereocenters. The van der Waals surface area contributed by atoms with Crippen LogP contribution in [0.1, 0.15) is 102 Å².